The number of fused-ring (bicyclic) bond motifs is 1. The number of alkyl halides is 3. The van der Waals surface area contributed by atoms with Gasteiger partial charge in [-0.3, -0.25) is 4.79 Å². The molecule has 1 aliphatic heterocycles. The molecule has 0 saturated carbocycles. The molecule has 0 spiro atoms. The Kier molecular flexibility index (Phi) is 10.3. The molecule has 0 aromatic heterocycles. The van der Waals surface area contributed by atoms with Gasteiger partial charge in [0.1, 0.15) is 23.3 Å². The van der Waals surface area contributed by atoms with Gasteiger partial charge in [0.05, 0.1) is 17.8 Å². The number of carboxylic acids is 1. The van der Waals surface area contributed by atoms with Crippen LogP contribution in [0.25, 0.3) is 0 Å². The number of benzene rings is 3. The summed E-state index contributed by atoms with van der Waals surface area (Å²) in [4.78, 5) is 21.6. The summed E-state index contributed by atoms with van der Waals surface area (Å²) in [7, 11) is -2.14. The number of carbonyl (C=O) groups is 2. The second kappa shape index (κ2) is 13.3. The zero-order valence-corrected chi connectivity index (χ0v) is 23.1. The molecule has 1 atom stereocenters. The molecule has 0 radical (unpaired) electrons. The molecule has 4 rings (SSSR count). The smallest absolute Gasteiger partial charge is 0.430 e. The Labute approximate surface area is 235 Å². The predicted octanol–water partition coefficient (Wildman–Crippen LogP) is 4.02. The zero-order chi connectivity index (χ0) is 30.4. The molecule has 12 heteroatoms. The third-order valence-corrected chi connectivity index (χ3v) is 8.15. The van der Waals surface area contributed by atoms with Crippen LogP contribution in [0.4, 0.5) is 17.6 Å². The average molecular weight is 595 g/mol. The van der Waals surface area contributed by atoms with Gasteiger partial charge in [0.25, 0.3) is 0 Å². The predicted molar refractivity (Wildman–Crippen MR) is 140 cm³/mol. The molecule has 3 aromatic rings. The number of hydrogen-bond donors (Lipinski definition) is 1. The van der Waals surface area contributed by atoms with E-state index in [9.17, 15) is 30.8 Å². The summed E-state index contributed by atoms with van der Waals surface area (Å²) in [6, 6.07) is 16.8. The van der Waals surface area contributed by atoms with Crippen molar-refractivity contribution in [2.75, 3.05) is 7.11 Å². The lowest BCUT2D eigenvalue weighted by atomic mass is 9.93. The topological polar surface area (TPSA) is 113 Å². The molecule has 0 amide bonds. The molecule has 3 aromatic carbocycles. The molecule has 41 heavy (non-hydrogen) atoms. The SMILES string of the molecule is COc1cc(S(=O)(=O)Cc2ccc3c(c2)CNC3)ccc1CC(=O)CC(C)c1ccccc1F.O=C([O-])C(F)(F)F. The van der Waals surface area contributed by atoms with E-state index in [-0.39, 0.29) is 41.0 Å². The second-order valence-corrected chi connectivity index (χ2v) is 11.6. The Morgan fingerprint density at radius 1 is 1.02 bits per heavy atom. The molecule has 0 saturated heterocycles. The minimum Gasteiger partial charge on any atom is -0.542 e. The van der Waals surface area contributed by atoms with Crippen LogP contribution in [-0.4, -0.2) is 33.5 Å². The molecule has 0 fully saturated rings. The third-order valence-electron chi connectivity index (χ3n) is 6.46. The van der Waals surface area contributed by atoms with E-state index in [1.54, 1.807) is 24.3 Å². The van der Waals surface area contributed by atoms with Gasteiger partial charge in [0.15, 0.2) is 9.84 Å². The molecule has 1 unspecified atom stereocenters. The van der Waals surface area contributed by atoms with E-state index in [4.69, 9.17) is 14.6 Å². The van der Waals surface area contributed by atoms with E-state index >= 15 is 0 Å². The lowest BCUT2D eigenvalue weighted by Crippen LogP contribution is -2.37. The minimum atomic E-state index is -5.19. The maximum absolute atomic E-state index is 14.0. The quantitative estimate of drug-likeness (QED) is 0.373. The summed E-state index contributed by atoms with van der Waals surface area (Å²) in [6.07, 6.45) is -4.93. The van der Waals surface area contributed by atoms with Gasteiger partial charge >= 0.3 is 6.18 Å². The molecular weight excluding hydrogens is 566 g/mol. The normalized spacial score (nSPS) is 13.5. The Hall–Kier alpha value is -3.77. The molecule has 1 N–H and O–H groups in total. The lowest BCUT2D eigenvalue weighted by Gasteiger charge is -2.14. The van der Waals surface area contributed by atoms with E-state index in [1.807, 2.05) is 25.1 Å². The molecule has 220 valence electrons. The van der Waals surface area contributed by atoms with Gasteiger partial charge in [-0.05, 0) is 46.4 Å². The van der Waals surface area contributed by atoms with Crippen LogP contribution < -0.4 is 15.2 Å². The number of aliphatic carboxylic acids is 1. The van der Waals surface area contributed by atoms with Crippen LogP contribution in [0.1, 0.15) is 47.1 Å². The number of halogens is 4. The van der Waals surface area contributed by atoms with E-state index in [0.717, 1.165) is 24.2 Å². The van der Waals surface area contributed by atoms with E-state index in [0.29, 0.717) is 16.9 Å². The average Bonchev–Trinajstić information content (AvgIpc) is 3.36. The first-order valence-electron chi connectivity index (χ1n) is 12.5. The maximum atomic E-state index is 14.0. The molecule has 0 aliphatic carbocycles. The van der Waals surface area contributed by atoms with Gasteiger partial charge in [0.2, 0.25) is 0 Å². The fourth-order valence-electron chi connectivity index (χ4n) is 4.42. The van der Waals surface area contributed by atoms with Crippen LogP contribution in [0.15, 0.2) is 65.6 Å². The van der Waals surface area contributed by atoms with Crippen molar-refractivity contribution in [3.8, 4) is 5.75 Å². The fourth-order valence-corrected chi connectivity index (χ4v) is 5.76. The summed E-state index contributed by atoms with van der Waals surface area (Å²) in [6.45, 7) is 3.37. The zero-order valence-electron chi connectivity index (χ0n) is 22.3. The Morgan fingerprint density at radius 3 is 2.32 bits per heavy atom. The van der Waals surface area contributed by atoms with Crippen LogP contribution in [-0.2, 0) is 44.7 Å². The highest BCUT2D eigenvalue weighted by Crippen LogP contribution is 2.28. The standard InChI is InChI=1S/C27H28FNO4S.C2HF3O2/c1-18(25-5-3-4-6-26(25)28)11-23(30)13-20-9-10-24(14-27(20)33-2)34(31,32)17-19-7-8-21-15-29-16-22(21)12-19;3-2(4,5)1(6)7/h3-10,12,14,18,29H,11,13,15-17H2,1-2H3;(H,6,7)/p-1. The first-order valence-corrected chi connectivity index (χ1v) is 14.1. The van der Waals surface area contributed by atoms with Crippen molar-refractivity contribution in [2.45, 2.75) is 55.6 Å². The molecule has 0 bridgehead atoms. The summed E-state index contributed by atoms with van der Waals surface area (Å²) >= 11 is 0. The third kappa shape index (κ3) is 8.61. The second-order valence-electron chi connectivity index (χ2n) is 9.57. The maximum Gasteiger partial charge on any atom is 0.430 e. The van der Waals surface area contributed by atoms with Crippen LogP contribution in [0, 0.1) is 5.82 Å². The fraction of sp³-hybridized carbons (Fsp3) is 0.310. The first-order chi connectivity index (χ1) is 19.2. The number of carboxylic acid groups (broad SMARTS) is 1. The van der Waals surface area contributed by atoms with Crippen molar-refractivity contribution in [3.05, 3.63) is 94.3 Å². The van der Waals surface area contributed by atoms with E-state index in [2.05, 4.69) is 5.32 Å². The number of ketones is 1. The van der Waals surface area contributed by atoms with Crippen LogP contribution >= 0.6 is 0 Å². The van der Waals surface area contributed by atoms with Crippen LogP contribution in [0.5, 0.6) is 5.75 Å². The number of Topliss-reactive ketones (excluding diaryl/α,β-unsaturated/α-hetero) is 1. The van der Waals surface area contributed by atoms with Gasteiger partial charge in [-0.2, -0.15) is 13.2 Å². The van der Waals surface area contributed by atoms with Crippen molar-refractivity contribution < 1.29 is 45.4 Å². The molecular formula is C29H28F4NO6S-. The molecule has 1 aliphatic rings. The monoisotopic (exact) mass is 594 g/mol. The molecule has 1 heterocycles. The summed E-state index contributed by atoms with van der Waals surface area (Å²) in [5.74, 6) is -3.42. The number of nitrogens with one attached hydrogen (secondary N) is 1. The van der Waals surface area contributed by atoms with Gasteiger partial charge in [-0.15, -0.1) is 0 Å². The Morgan fingerprint density at radius 2 is 1.68 bits per heavy atom. The number of carbonyl (C=O) groups excluding carboxylic acids is 2. The Balaban J connectivity index is 0.000000587. The van der Waals surface area contributed by atoms with Gasteiger partial charge in [-0.25, -0.2) is 12.8 Å². The summed E-state index contributed by atoms with van der Waals surface area (Å²) in [5.41, 5.74) is 4.18. The number of sulfone groups is 1. The highest BCUT2D eigenvalue weighted by atomic mass is 32.2. The van der Waals surface area contributed by atoms with Gasteiger partial charge in [0, 0.05) is 31.5 Å². The number of ether oxygens (including phenoxy) is 1. The number of hydrogen-bond acceptors (Lipinski definition) is 7. The Bertz CT molecular complexity index is 1520. The number of rotatable bonds is 9. The van der Waals surface area contributed by atoms with Crippen molar-refractivity contribution in [3.63, 3.8) is 0 Å². The highest BCUT2D eigenvalue weighted by molar-refractivity contribution is 7.90. The van der Waals surface area contributed by atoms with Crippen molar-refractivity contribution >= 4 is 21.6 Å². The first kappa shape index (κ1) is 31.8. The van der Waals surface area contributed by atoms with Crippen LogP contribution in [0.2, 0.25) is 0 Å². The summed E-state index contributed by atoms with van der Waals surface area (Å²) < 4.78 is 77.1. The highest BCUT2D eigenvalue weighted by Gasteiger charge is 2.29. The van der Waals surface area contributed by atoms with E-state index < -0.39 is 22.0 Å². The van der Waals surface area contributed by atoms with Gasteiger partial charge in [-0.1, -0.05) is 49.4 Å². The van der Waals surface area contributed by atoms with Crippen molar-refractivity contribution in [2.24, 2.45) is 0 Å². The summed E-state index contributed by atoms with van der Waals surface area (Å²) in [5, 5.41) is 12.0. The van der Waals surface area contributed by atoms with Crippen LogP contribution in [0.3, 0.4) is 0 Å². The minimum absolute atomic E-state index is 0.0728. The van der Waals surface area contributed by atoms with Crippen molar-refractivity contribution in [1.29, 1.82) is 0 Å². The van der Waals surface area contributed by atoms with E-state index in [1.165, 1.54) is 30.9 Å². The van der Waals surface area contributed by atoms with Gasteiger partial charge < -0.3 is 20.0 Å². The largest absolute Gasteiger partial charge is 0.542 e. The molecule has 7 nitrogen and oxygen atoms in total. The lowest BCUT2D eigenvalue weighted by molar-refractivity contribution is -0.344. The van der Waals surface area contributed by atoms with Crippen molar-refractivity contribution in [1.82, 2.24) is 5.32 Å². The number of methoxy groups -OCH3 is 1.